The minimum Gasteiger partial charge on any atom is -0.260 e. The Balaban J connectivity index is 2.03. The second kappa shape index (κ2) is 6.65. The normalized spacial score (nSPS) is 12.9. The molecule has 0 saturated carbocycles. The SMILES string of the molecule is O=c1n(-c2ccc(Br)cc2)c2c(n1-c1ccc(Br)cc1)C=CCC=C2. The third kappa shape index (κ3) is 2.98. The van der Waals surface area contributed by atoms with Crippen molar-refractivity contribution in [3.05, 3.63) is 91.5 Å². The van der Waals surface area contributed by atoms with Crippen LogP contribution in [0.5, 0.6) is 0 Å². The third-order valence-corrected chi connectivity index (χ3v) is 5.18. The highest BCUT2D eigenvalue weighted by Crippen LogP contribution is 2.24. The first-order chi connectivity index (χ1) is 12.1. The number of benzene rings is 2. The van der Waals surface area contributed by atoms with E-state index in [-0.39, 0.29) is 5.69 Å². The molecule has 0 spiro atoms. The Morgan fingerprint density at radius 3 is 1.48 bits per heavy atom. The summed E-state index contributed by atoms with van der Waals surface area (Å²) in [7, 11) is 0. The fourth-order valence-electron chi connectivity index (χ4n) is 2.97. The topological polar surface area (TPSA) is 26.9 Å². The number of aromatic nitrogens is 2. The van der Waals surface area contributed by atoms with Crippen LogP contribution in [-0.2, 0) is 0 Å². The molecule has 0 amide bonds. The molecule has 3 aromatic rings. The van der Waals surface area contributed by atoms with Gasteiger partial charge in [-0.25, -0.2) is 4.79 Å². The molecule has 1 aliphatic rings. The lowest BCUT2D eigenvalue weighted by Crippen LogP contribution is -2.23. The number of halogens is 2. The molecule has 0 aliphatic heterocycles. The minimum absolute atomic E-state index is 0.0779. The van der Waals surface area contributed by atoms with Gasteiger partial charge in [0, 0.05) is 8.95 Å². The van der Waals surface area contributed by atoms with E-state index in [0.29, 0.717) is 0 Å². The number of imidazole rings is 1. The molecule has 0 fully saturated rings. The summed E-state index contributed by atoms with van der Waals surface area (Å²) in [4.78, 5) is 13.3. The maximum absolute atomic E-state index is 13.3. The van der Waals surface area contributed by atoms with Gasteiger partial charge in [-0.05, 0) is 67.1 Å². The summed E-state index contributed by atoms with van der Waals surface area (Å²) in [6.45, 7) is 0. The largest absolute Gasteiger partial charge is 0.338 e. The number of allylic oxidation sites excluding steroid dienone is 2. The first-order valence-corrected chi connectivity index (χ1v) is 9.46. The summed E-state index contributed by atoms with van der Waals surface area (Å²) < 4.78 is 5.49. The van der Waals surface area contributed by atoms with Crippen LogP contribution < -0.4 is 5.69 Å². The van der Waals surface area contributed by atoms with Gasteiger partial charge in [0.1, 0.15) is 0 Å². The van der Waals surface area contributed by atoms with Crippen LogP contribution in [0.25, 0.3) is 23.5 Å². The van der Waals surface area contributed by atoms with Crippen molar-refractivity contribution in [2.75, 3.05) is 0 Å². The summed E-state index contributed by atoms with van der Waals surface area (Å²) in [6, 6.07) is 15.6. The predicted molar refractivity (Wildman–Crippen MR) is 109 cm³/mol. The van der Waals surface area contributed by atoms with Gasteiger partial charge >= 0.3 is 5.69 Å². The van der Waals surface area contributed by atoms with Crippen molar-refractivity contribution in [3.8, 4) is 11.4 Å². The maximum atomic E-state index is 13.3. The van der Waals surface area contributed by atoms with Crippen LogP contribution in [0.3, 0.4) is 0 Å². The van der Waals surface area contributed by atoms with Gasteiger partial charge in [0.25, 0.3) is 0 Å². The van der Waals surface area contributed by atoms with Crippen LogP contribution in [0.4, 0.5) is 0 Å². The molecule has 5 heteroatoms. The van der Waals surface area contributed by atoms with E-state index >= 15 is 0 Å². The fourth-order valence-corrected chi connectivity index (χ4v) is 3.50. The highest BCUT2D eigenvalue weighted by atomic mass is 79.9. The molecule has 0 saturated heterocycles. The summed E-state index contributed by atoms with van der Waals surface area (Å²) in [5, 5.41) is 0. The summed E-state index contributed by atoms with van der Waals surface area (Å²) in [6.07, 6.45) is 9.04. The second-order valence-corrected chi connectivity index (χ2v) is 7.55. The molecule has 1 aliphatic carbocycles. The number of hydrogen-bond donors (Lipinski definition) is 0. The van der Waals surface area contributed by atoms with Crippen LogP contribution in [0, 0.1) is 0 Å². The smallest absolute Gasteiger partial charge is 0.260 e. The van der Waals surface area contributed by atoms with Crippen LogP contribution in [-0.4, -0.2) is 9.13 Å². The standard InChI is InChI=1S/C20H14Br2N2O/c21-14-6-10-16(11-7-14)23-18-4-2-1-3-5-19(18)24(20(23)25)17-12-8-15(22)9-13-17/h2-13H,1H2. The van der Waals surface area contributed by atoms with E-state index in [4.69, 9.17) is 0 Å². The minimum atomic E-state index is -0.0779. The van der Waals surface area contributed by atoms with Gasteiger partial charge in [0.2, 0.25) is 0 Å². The zero-order valence-electron chi connectivity index (χ0n) is 13.2. The average molecular weight is 458 g/mol. The molecule has 3 nitrogen and oxygen atoms in total. The van der Waals surface area contributed by atoms with E-state index in [1.165, 1.54) is 0 Å². The quantitative estimate of drug-likeness (QED) is 0.493. The Kier molecular flexibility index (Phi) is 4.36. The summed E-state index contributed by atoms with van der Waals surface area (Å²) >= 11 is 6.90. The Bertz CT molecular complexity index is 957. The van der Waals surface area contributed by atoms with E-state index in [1.807, 2.05) is 60.7 Å². The van der Waals surface area contributed by atoms with E-state index in [2.05, 4.69) is 44.0 Å². The number of hydrogen-bond acceptors (Lipinski definition) is 1. The maximum Gasteiger partial charge on any atom is 0.338 e. The number of fused-ring (bicyclic) bond motifs is 1. The van der Waals surface area contributed by atoms with Gasteiger partial charge in [0.15, 0.2) is 0 Å². The molecule has 0 unspecified atom stereocenters. The van der Waals surface area contributed by atoms with Gasteiger partial charge in [0.05, 0.1) is 22.8 Å². The van der Waals surface area contributed by atoms with Crippen LogP contribution in [0.2, 0.25) is 0 Å². The molecule has 0 radical (unpaired) electrons. The molecule has 1 heterocycles. The van der Waals surface area contributed by atoms with Crippen molar-refractivity contribution < 1.29 is 0 Å². The van der Waals surface area contributed by atoms with Crippen molar-refractivity contribution in [2.45, 2.75) is 6.42 Å². The monoisotopic (exact) mass is 456 g/mol. The average Bonchev–Trinajstić information content (AvgIpc) is 2.76. The lowest BCUT2D eigenvalue weighted by Gasteiger charge is -2.04. The Morgan fingerprint density at radius 2 is 1.08 bits per heavy atom. The second-order valence-electron chi connectivity index (χ2n) is 5.72. The Labute approximate surface area is 162 Å². The van der Waals surface area contributed by atoms with Crippen molar-refractivity contribution >= 4 is 44.0 Å². The Morgan fingerprint density at radius 1 is 0.680 bits per heavy atom. The highest BCUT2D eigenvalue weighted by Gasteiger charge is 2.19. The molecule has 0 N–H and O–H groups in total. The molecule has 2 aromatic carbocycles. The van der Waals surface area contributed by atoms with Crippen molar-refractivity contribution in [2.24, 2.45) is 0 Å². The summed E-state index contributed by atoms with van der Waals surface area (Å²) in [5.74, 6) is 0. The van der Waals surface area contributed by atoms with Gasteiger partial charge in [-0.3, -0.25) is 9.13 Å². The van der Waals surface area contributed by atoms with E-state index in [0.717, 1.165) is 38.1 Å². The molecule has 4 rings (SSSR count). The van der Waals surface area contributed by atoms with Crippen LogP contribution >= 0.6 is 31.9 Å². The lowest BCUT2D eigenvalue weighted by atomic mass is 10.2. The number of rotatable bonds is 2. The van der Waals surface area contributed by atoms with Gasteiger partial charge in [-0.1, -0.05) is 44.0 Å². The van der Waals surface area contributed by atoms with Gasteiger partial charge in [-0.15, -0.1) is 0 Å². The van der Waals surface area contributed by atoms with Crippen molar-refractivity contribution in [1.29, 1.82) is 0 Å². The predicted octanol–water partition coefficient (Wildman–Crippen LogP) is 5.58. The summed E-state index contributed by atoms with van der Waals surface area (Å²) in [5.41, 5.74) is 3.40. The molecule has 25 heavy (non-hydrogen) atoms. The van der Waals surface area contributed by atoms with Crippen molar-refractivity contribution in [1.82, 2.24) is 9.13 Å². The van der Waals surface area contributed by atoms with E-state index in [1.54, 1.807) is 9.13 Å². The first-order valence-electron chi connectivity index (χ1n) is 7.88. The highest BCUT2D eigenvalue weighted by molar-refractivity contribution is 9.10. The third-order valence-electron chi connectivity index (χ3n) is 4.12. The molecular weight excluding hydrogens is 444 g/mol. The number of nitrogens with zero attached hydrogens (tertiary/aromatic N) is 2. The molecule has 124 valence electrons. The first kappa shape index (κ1) is 16.4. The molecule has 0 atom stereocenters. The zero-order valence-corrected chi connectivity index (χ0v) is 16.4. The van der Waals surface area contributed by atoms with Gasteiger partial charge in [-0.2, -0.15) is 0 Å². The van der Waals surface area contributed by atoms with Crippen LogP contribution in [0.1, 0.15) is 17.8 Å². The van der Waals surface area contributed by atoms with E-state index in [9.17, 15) is 4.79 Å². The zero-order chi connectivity index (χ0) is 17.4. The van der Waals surface area contributed by atoms with Gasteiger partial charge < -0.3 is 0 Å². The fraction of sp³-hybridized carbons (Fsp3) is 0.0500. The lowest BCUT2D eigenvalue weighted by molar-refractivity contribution is 0.902. The van der Waals surface area contributed by atoms with Crippen molar-refractivity contribution in [3.63, 3.8) is 0 Å². The Hall–Kier alpha value is -2.11. The van der Waals surface area contributed by atoms with E-state index < -0.39 is 0 Å². The molecule has 0 bridgehead atoms. The van der Waals surface area contributed by atoms with Crippen LogP contribution in [0.15, 0.2) is 74.4 Å². The molecule has 1 aromatic heterocycles. The molecular formula is C20H14Br2N2O.